The van der Waals surface area contributed by atoms with Gasteiger partial charge in [-0.2, -0.15) is 0 Å². The Kier molecular flexibility index (Phi) is 3.28. The Balaban J connectivity index is 2.27. The number of aryl methyl sites for hydroxylation is 2. The minimum absolute atomic E-state index is 0.0550. The number of sulfonamides is 1. The number of hydrogen-bond donors (Lipinski definition) is 2. The summed E-state index contributed by atoms with van der Waals surface area (Å²) in [6.07, 6.45) is 3.10. The largest absolute Gasteiger partial charge is 0.395 e. The van der Waals surface area contributed by atoms with Gasteiger partial charge in [0.2, 0.25) is 10.0 Å². The molecule has 0 aliphatic heterocycles. The quantitative estimate of drug-likeness (QED) is 0.804. The van der Waals surface area contributed by atoms with Gasteiger partial charge in [0, 0.05) is 6.54 Å². The van der Waals surface area contributed by atoms with Crippen LogP contribution in [-0.2, 0) is 22.9 Å². The van der Waals surface area contributed by atoms with Crippen molar-refractivity contribution in [2.24, 2.45) is 0 Å². The topological polar surface area (TPSA) is 66.4 Å². The van der Waals surface area contributed by atoms with E-state index in [1.807, 2.05) is 6.07 Å². The molecule has 0 amide bonds. The van der Waals surface area contributed by atoms with Gasteiger partial charge in [-0.05, 0) is 42.5 Å². The van der Waals surface area contributed by atoms with Crippen LogP contribution in [0.1, 0.15) is 17.5 Å². The average Bonchev–Trinajstić information content (AvgIpc) is 2.73. The molecule has 0 unspecified atom stereocenters. The van der Waals surface area contributed by atoms with Gasteiger partial charge in [0.05, 0.1) is 11.5 Å². The molecule has 1 aliphatic carbocycles. The Labute approximate surface area is 95.4 Å². The van der Waals surface area contributed by atoms with Gasteiger partial charge in [0.1, 0.15) is 0 Å². The van der Waals surface area contributed by atoms with Crippen LogP contribution in [0.3, 0.4) is 0 Å². The zero-order chi connectivity index (χ0) is 11.6. The van der Waals surface area contributed by atoms with Crippen LogP contribution >= 0.6 is 0 Å². The first-order valence-electron chi connectivity index (χ1n) is 5.36. The summed E-state index contributed by atoms with van der Waals surface area (Å²) in [7, 11) is -3.45. The van der Waals surface area contributed by atoms with Gasteiger partial charge in [-0.25, -0.2) is 13.1 Å². The fourth-order valence-corrected chi connectivity index (χ4v) is 3.05. The van der Waals surface area contributed by atoms with E-state index < -0.39 is 10.0 Å². The van der Waals surface area contributed by atoms with Gasteiger partial charge in [-0.3, -0.25) is 0 Å². The summed E-state index contributed by atoms with van der Waals surface area (Å²) in [6, 6.07) is 5.25. The Morgan fingerprint density at radius 1 is 1.25 bits per heavy atom. The average molecular weight is 241 g/mol. The number of rotatable bonds is 4. The maximum Gasteiger partial charge on any atom is 0.240 e. The van der Waals surface area contributed by atoms with Crippen molar-refractivity contribution in [3.63, 3.8) is 0 Å². The number of nitrogens with one attached hydrogen (secondary N) is 1. The fraction of sp³-hybridized carbons (Fsp3) is 0.455. The minimum Gasteiger partial charge on any atom is -0.395 e. The monoisotopic (exact) mass is 241 g/mol. The zero-order valence-corrected chi connectivity index (χ0v) is 9.76. The maximum absolute atomic E-state index is 11.8. The third-order valence-electron chi connectivity index (χ3n) is 2.78. The van der Waals surface area contributed by atoms with Crippen LogP contribution in [-0.4, -0.2) is 26.7 Å². The van der Waals surface area contributed by atoms with Gasteiger partial charge in [0.25, 0.3) is 0 Å². The van der Waals surface area contributed by atoms with Crippen LogP contribution in [0.15, 0.2) is 23.1 Å². The first kappa shape index (κ1) is 11.6. The molecule has 0 heterocycles. The molecule has 0 saturated heterocycles. The second-order valence-electron chi connectivity index (χ2n) is 3.91. The highest BCUT2D eigenvalue weighted by molar-refractivity contribution is 7.89. The Morgan fingerprint density at radius 2 is 2.00 bits per heavy atom. The van der Waals surface area contributed by atoms with Crippen LogP contribution in [0.5, 0.6) is 0 Å². The summed E-state index contributed by atoms with van der Waals surface area (Å²) < 4.78 is 25.9. The van der Waals surface area contributed by atoms with Crippen molar-refractivity contribution in [1.29, 1.82) is 0 Å². The molecule has 88 valence electrons. The summed E-state index contributed by atoms with van der Waals surface area (Å²) in [5.41, 5.74) is 2.38. The number of hydrogen-bond acceptors (Lipinski definition) is 3. The van der Waals surface area contributed by atoms with Crippen LogP contribution in [0.25, 0.3) is 0 Å². The molecule has 2 rings (SSSR count). The molecule has 0 radical (unpaired) electrons. The second kappa shape index (κ2) is 4.53. The molecule has 0 fully saturated rings. The van der Waals surface area contributed by atoms with E-state index in [9.17, 15) is 8.42 Å². The van der Waals surface area contributed by atoms with Crippen molar-refractivity contribution < 1.29 is 13.5 Å². The van der Waals surface area contributed by atoms with E-state index >= 15 is 0 Å². The standard InChI is InChI=1S/C11H15NO3S/c13-7-6-12-16(14,15)11-5-4-9-2-1-3-10(9)8-11/h4-5,8,12-13H,1-3,6-7H2. The molecule has 4 nitrogen and oxygen atoms in total. The van der Waals surface area contributed by atoms with Gasteiger partial charge in [-0.15, -0.1) is 0 Å². The van der Waals surface area contributed by atoms with Crippen molar-refractivity contribution in [2.45, 2.75) is 24.2 Å². The van der Waals surface area contributed by atoms with Gasteiger partial charge < -0.3 is 5.11 Å². The van der Waals surface area contributed by atoms with E-state index in [0.717, 1.165) is 24.8 Å². The smallest absolute Gasteiger partial charge is 0.240 e. The summed E-state index contributed by atoms with van der Waals surface area (Å²) in [5.74, 6) is 0. The molecule has 5 heteroatoms. The van der Waals surface area contributed by atoms with E-state index in [1.165, 1.54) is 5.56 Å². The van der Waals surface area contributed by atoms with Gasteiger partial charge >= 0.3 is 0 Å². The molecule has 0 atom stereocenters. The molecule has 0 spiro atoms. The maximum atomic E-state index is 11.8. The minimum atomic E-state index is -3.45. The van der Waals surface area contributed by atoms with Crippen LogP contribution in [0.2, 0.25) is 0 Å². The van der Waals surface area contributed by atoms with Crippen molar-refractivity contribution in [3.8, 4) is 0 Å². The molecule has 1 aromatic carbocycles. The summed E-state index contributed by atoms with van der Waals surface area (Å²) >= 11 is 0. The Bertz CT molecular complexity index is 482. The first-order valence-corrected chi connectivity index (χ1v) is 6.84. The number of fused-ring (bicyclic) bond motifs is 1. The van der Waals surface area contributed by atoms with Crippen molar-refractivity contribution in [3.05, 3.63) is 29.3 Å². The normalized spacial score (nSPS) is 15.1. The lowest BCUT2D eigenvalue weighted by Crippen LogP contribution is -2.26. The van der Waals surface area contributed by atoms with Crippen molar-refractivity contribution in [1.82, 2.24) is 4.72 Å². The number of benzene rings is 1. The molecule has 0 bridgehead atoms. The molecule has 1 aromatic rings. The van der Waals surface area contributed by atoms with E-state index in [4.69, 9.17) is 5.11 Å². The van der Waals surface area contributed by atoms with Gasteiger partial charge in [-0.1, -0.05) is 6.07 Å². The predicted octanol–water partition coefficient (Wildman–Crippen LogP) is 0.446. The Hall–Kier alpha value is -0.910. The number of aliphatic hydroxyl groups is 1. The molecular weight excluding hydrogens is 226 g/mol. The zero-order valence-electron chi connectivity index (χ0n) is 8.94. The van der Waals surface area contributed by atoms with Gasteiger partial charge in [0.15, 0.2) is 0 Å². The lowest BCUT2D eigenvalue weighted by atomic mass is 10.1. The Morgan fingerprint density at radius 3 is 2.75 bits per heavy atom. The fourth-order valence-electron chi connectivity index (χ4n) is 1.98. The van der Waals surface area contributed by atoms with Crippen molar-refractivity contribution >= 4 is 10.0 Å². The third kappa shape index (κ3) is 2.26. The van der Waals surface area contributed by atoms with Crippen LogP contribution in [0, 0.1) is 0 Å². The first-order chi connectivity index (χ1) is 7.63. The predicted molar refractivity (Wildman–Crippen MR) is 60.7 cm³/mol. The lowest BCUT2D eigenvalue weighted by Gasteiger charge is -2.07. The highest BCUT2D eigenvalue weighted by Gasteiger charge is 2.17. The molecule has 2 N–H and O–H groups in total. The van der Waals surface area contributed by atoms with Crippen LogP contribution in [0.4, 0.5) is 0 Å². The lowest BCUT2D eigenvalue weighted by molar-refractivity contribution is 0.301. The number of aliphatic hydroxyl groups excluding tert-OH is 1. The van der Waals surface area contributed by atoms with E-state index in [0.29, 0.717) is 4.90 Å². The van der Waals surface area contributed by atoms with E-state index in [-0.39, 0.29) is 13.2 Å². The van der Waals surface area contributed by atoms with Crippen molar-refractivity contribution in [2.75, 3.05) is 13.2 Å². The molecule has 0 aromatic heterocycles. The molecule has 0 saturated carbocycles. The third-order valence-corrected chi connectivity index (χ3v) is 4.24. The molecule has 1 aliphatic rings. The molecular formula is C11H15NO3S. The van der Waals surface area contributed by atoms with Crippen LogP contribution < -0.4 is 4.72 Å². The molecule has 16 heavy (non-hydrogen) atoms. The second-order valence-corrected chi connectivity index (χ2v) is 5.67. The highest BCUT2D eigenvalue weighted by atomic mass is 32.2. The summed E-state index contributed by atoms with van der Waals surface area (Å²) in [6.45, 7) is -0.135. The summed E-state index contributed by atoms with van der Waals surface area (Å²) in [5, 5.41) is 8.60. The highest BCUT2D eigenvalue weighted by Crippen LogP contribution is 2.24. The summed E-state index contributed by atoms with van der Waals surface area (Å²) in [4.78, 5) is 0.293. The SMILES string of the molecule is O=S(=O)(NCCO)c1ccc2c(c1)CCC2. The van der Waals surface area contributed by atoms with E-state index in [2.05, 4.69) is 4.72 Å². The van der Waals surface area contributed by atoms with E-state index in [1.54, 1.807) is 12.1 Å².